The van der Waals surface area contributed by atoms with Crippen molar-refractivity contribution in [3.05, 3.63) is 50.9 Å². The average molecular weight is 310 g/mol. The molecule has 0 aliphatic heterocycles. The van der Waals surface area contributed by atoms with Crippen molar-refractivity contribution in [1.29, 1.82) is 0 Å². The van der Waals surface area contributed by atoms with Crippen LogP contribution in [0.15, 0.2) is 39.1 Å². The molecule has 0 aliphatic rings. The largest absolute Gasteiger partial charge is 0.328 e. The van der Waals surface area contributed by atoms with Crippen molar-refractivity contribution in [3.8, 4) is 0 Å². The predicted octanol–water partition coefficient (Wildman–Crippen LogP) is 2.77. The summed E-state index contributed by atoms with van der Waals surface area (Å²) in [6.45, 7) is 3.74. The zero-order valence-corrected chi connectivity index (χ0v) is 12.9. The molecule has 1 unspecified atom stereocenters. The minimum Gasteiger partial charge on any atom is -0.328 e. The first-order valence-electron chi connectivity index (χ1n) is 6.24. The number of benzene rings is 1. The van der Waals surface area contributed by atoms with Crippen LogP contribution < -0.4 is 11.3 Å². The van der Waals surface area contributed by atoms with Crippen molar-refractivity contribution >= 4 is 23.4 Å². The van der Waals surface area contributed by atoms with Gasteiger partial charge in [-0.05, 0) is 44.0 Å². The van der Waals surface area contributed by atoms with E-state index in [2.05, 4.69) is 9.97 Å². The molecule has 1 heterocycles. The lowest BCUT2D eigenvalue weighted by Gasteiger charge is -2.11. The van der Waals surface area contributed by atoms with Crippen molar-refractivity contribution in [3.63, 3.8) is 0 Å². The van der Waals surface area contributed by atoms with E-state index in [-0.39, 0.29) is 11.6 Å². The second-order valence-electron chi connectivity index (χ2n) is 4.73. The third kappa shape index (κ3) is 4.10. The standard InChI is InChI=1S/C14H16ClN3OS/c1-8(16)5-10-7-11(15)3-4-12(10)20-14-17-9(2)6-13(19)18-14/h3-4,6-8H,5,16H2,1-2H3,(H,17,18,19). The van der Waals surface area contributed by atoms with Crippen LogP contribution in [0.1, 0.15) is 18.2 Å². The summed E-state index contributed by atoms with van der Waals surface area (Å²) in [5.41, 5.74) is 7.46. The third-order valence-corrected chi connectivity index (χ3v) is 3.86. The maximum absolute atomic E-state index is 11.5. The van der Waals surface area contributed by atoms with Crippen molar-refractivity contribution in [2.75, 3.05) is 0 Å². The van der Waals surface area contributed by atoms with Gasteiger partial charge in [-0.3, -0.25) is 4.79 Å². The van der Waals surface area contributed by atoms with Gasteiger partial charge in [-0.1, -0.05) is 23.4 Å². The van der Waals surface area contributed by atoms with Crippen LogP contribution in [0.5, 0.6) is 0 Å². The van der Waals surface area contributed by atoms with Gasteiger partial charge in [-0.2, -0.15) is 0 Å². The van der Waals surface area contributed by atoms with Gasteiger partial charge in [0.25, 0.3) is 5.56 Å². The number of aromatic nitrogens is 2. The molecule has 0 radical (unpaired) electrons. The Kier molecular flexibility index (Phi) is 4.86. The molecule has 0 spiro atoms. The lowest BCUT2D eigenvalue weighted by Crippen LogP contribution is -2.18. The quantitative estimate of drug-likeness (QED) is 0.852. The number of H-pyrrole nitrogens is 1. The van der Waals surface area contributed by atoms with Crippen molar-refractivity contribution in [2.24, 2.45) is 5.73 Å². The number of hydrogen-bond donors (Lipinski definition) is 2. The van der Waals surface area contributed by atoms with Crippen LogP contribution in [-0.4, -0.2) is 16.0 Å². The van der Waals surface area contributed by atoms with Gasteiger partial charge in [0.2, 0.25) is 0 Å². The normalized spacial score (nSPS) is 12.4. The van der Waals surface area contributed by atoms with Crippen LogP contribution in [-0.2, 0) is 6.42 Å². The highest BCUT2D eigenvalue weighted by molar-refractivity contribution is 7.99. The van der Waals surface area contributed by atoms with Gasteiger partial charge in [0.05, 0.1) is 0 Å². The molecule has 20 heavy (non-hydrogen) atoms. The molecule has 2 aromatic rings. The number of nitrogens with one attached hydrogen (secondary N) is 1. The molecule has 0 saturated carbocycles. The number of hydrogen-bond acceptors (Lipinski definition) is 4. The molecule has 0 bridgehead atoms. The summed E-state index contributed by atoms with van der Waals surface area (Å²) in [5, 5.41) is 1.25. The Balaban J connectivity index is 2.34. The maximum atomic E-state index is 11.5. The fourth-order valence-corrected chi connectivity index (χ4v) is 3.01. The van der Waals surface area contributed by atoms with Gasteiger partial charge < -0.3 is 10.7 Å². The molecule has 3 N–H and O–H groups in total. The molecular weight excluding hydrogens is 294 g/mol. The van der Waals surface area contributed by atoms with E-state index in [1.807, 2.05) is 25.1 Å². The Hall–Kier alpha value is -1.30. The fourth-order valence-electron chi connectivity index (χ4n) is 1.86. The predicted molar refractivity (Wildman–Crippen MR) is 82.5 cm³/mol. The summed E-state index contributed by atoms with van der Waals surface area (Å²) in [4.78, 5) is 19.5. The van der Waals surface area contributed by atoms with Crippen LogP contribution >= 0.6 is 23.4 Å². The molecule has 0 aliphatic carbocycles. The van der Waals surface area contributed by atoms with E-state index in [1.54, 1.807) is 6.92 Å². The topological polar surface area (TPSA) is 71.8 Å². The van der Waals surface area contributed by atoms with Gasteiger partial charge in [-0.25, -0.2) is 4.98 Å². The summed E-state index contributed by atoms with van der Waals surface area (Å²) >= 11 is 7.44. The molecule has 4 nitrogen and oxygen atoms in total. The number of aromatic amines is 1. The van der Waals surface area contributed by atoms with Crippen LogP contribution in [0.2, 0.25) is 5.02 Å². The Morgan fingerprint density at radius 1 is 1.45 bits per heavy atom. The van der Waals surface area contributed by atoms with E-state index < -0.39 is 0 Å². The SMILES string of the molecule is Cc1cc(=O)[nH]c(Sc2ccc(Cl)cc2CC(C)N)n1. The maximum Gasteiger partial charge on any atom is 0.251 e. The van der Waals surface area contributed by atoms with Gasteiger partial charge >= 0.3 is 0 Å². The highest BCUT2D eigenvalue weighted by atomic mass is 35.5. The van der Waals surface area contributed by atoms with E-state index in [0.717, 1.165) is 16.9 Å². The highest BCUT2D eigenvalue weighted by Crippen LogP contribution is 2.30. The first-order valence-corrected chi connectivity index (χ1v) is 7.43. The van der Waals surface area contributed by atoms with Crippen LogP contribution in [0.3, 0.4) is 0 Å². The summed E-state index contributed by atoms with van der Waals surface area (Å²) in [7, 11) is 0. The number of aryl methyl sites for hydroxylation is 1. The van der Waals surface area contributed by atoms with Crippen LogP contribution in [0.25, 0.3) is 0 Å². The van der Waals surface area contributed by atoms with E-state index in [0.29, 0.717) is 15.9 Å². The summed E-state index contributed by atoms with van der Waals surface area (Å²) in [6.07, 6.45) is 0.721. The van der Waals surface area contributed by atoms with Crippen LogP contribution in [0, 0.1) is 6.92 Å². The van der Waals surface area contributed by atoms with Crippen molar-refractivity contribution in [2.45, 2.75) is 36.4 Å². The second-order valence-corrected chi connectivity index (χ2v) is 6.19. The molecule has 1 aromatic heterocycles. The summed E-state index contributed by atoms with van der Waals surface area (Å²) in [5.74, 6) is 0. The molecule has 1 aromatic carbocycles. The smallest absolute Gasteiger partial charge is 0.251 e. The zero-order chi connectivity index (χ0) is 14.7. The Labute approximate surface area is 126 Å². The molecular formula is C14H16ClN3OS. The Morgan fingerprint density at radius 2 is 2.20 bits per heavy atom. The highest BCUT2D eigenvalue weighted by Gasteiger charge is 2.09. The first-order chi connectivity index (χ1) is 9.44. The van der Waals surface area contributed by atoms with Crippen molar-refractivity contribution in [1.82, 2.24) is 9.97 Å². The Morgan fingerprint density at radius 3 is 2.85 bits per heavy atom. The van der Waals surface area contributed by atoms with Gasteiger partial charge in [0, 0.05) is 27.7 Å². The number of nitrogens with zero attached hydrogens (tertiary/aromatic N) is 1. The molecule has 106 valence electrons. The van der Waals surface area contributed by atoms with Gasteiger partial charge in [0.15, 0.2) is 5.16 Å². The zero-order valence-electron chi connectivity index (χ0n) is 11.3. The fraction of sp³-hybridized carbons (Fsp3) is 0.286. The molecule has 6 heteroatoms. The summed E-state index contributed by atoms with van der Waals surface area (Å²) in [6, 6.07) is 7.16. The molecule has 2 rings (SSSR count). The average Bonchev–Trinajstić information content (AvgIpc) is 2.30. The molecule has 0 saturated heterocycles. The minimum atomic E-state index is -0.150. The minimum absolute atomic E-state index is 0.0392. The van der Waals surface area contributed by atoms with Gasteiger partial charge in [-0.15, -0.1) is 0 Å². The van der Waals surface area contributed by atoms with Gasteiger partial charge in [0.1, 0.15) is 0 Å². The molecule has 0 fully saturated rings. The van der Waals surface area contributed by atoms with Crippen molar-refractivity contribution < 1.29 is 0 Å². The van der Waals surface area contributed by atoms with E-state index >= 15 is 0 Å². The monoisotopic (exact) mass is 309 g/mol. The van der Waals surface area contributed by atoms with Crippen LogP contribution in [0.4, 0.5) is 0 Å². The summed E-state index contributed by atoms with van der Waals surface area (Å²) < 4.78 is 0. The van der Waals surface area contributed by atoms with E-state index in [1.165, 1.54) is 17.8 Å². The Bertz CT molecular complexity index is 670. The first kappa shape index (κ1) is 15.1. The third-order valence-electron chi connectivity index (χ3n) is 2.62. The number of nitrogens with two attached hydrogens (primary N) is 1. The van der Waals surface area contributed by atoms with E-state index in [4.69, 9.17) is 17.3 Å². The molecule has 0 amide bonds. The lowest BCUT2D eigenvalue weighted by atomic mass is 10.1. The second kappa shape index (κ2) is 6.43. The number of rotatable bonds is 4. The van der Waals surface area contributed by atoms with E-state index in [9.17, 15) is 4.79 Å². The number of halogens is 1. The lowest BCUT2D eigenvalue weighted by molar-refractivity contribution is 0.729. The molecule has 1 atom stereocenters.